The molecule has 1 aliphatic carbocycles. The predicted molar refractivity (Wildman–Crippen MR) is 97.1 cm³/mol. The van der Waals surface area contributed by atoms with E-state index in [1.165, 1.54) is 5.57 Å². The molecular formula is C21H23N2O+. The van der Waals surface area contributed by atoms with Gasteiger partial charge in [-0.25, -0.2) is 0 Å². The summed E-state index contributed by atoms with van der Waals surface area (Å²) in [4.78, 5) is 12.3. The van der Waals surface area contributed by atoms with Gasteiger partial charge in [0.2, 0.25) is 12.3 Å². The third-order valence-electron chi connectivity index (χ3n) is 4.16. The van der Waals surface area contributed by atoms with Crippen LogP contribution in [0, 0.1) is 6.92 Å². The lowest BCUT2D eigenvalue weighted by atomic mass is 10.1. The van der Waals surface area contributed by atoms with Gasteiger partial charge in [-0.3, -0.25) is 4.79 Å². The number of nitrogens with zero attached hydrogens (tertiary/aromatic N) is 1. The zero-order valence-electron chi connectivity index (χ0n) is 14.0. The Morgan fingerprint density at radius 1 is 1.08 bits per heavy atom. The number of allylic oxidation sites excluding steroid dienone is 2. The maximum Gasteiger partial charge on any atom is 0.227 e. The quantitative estimate of drug-likeness (QED) is 0.648. The van der Waals surface area contributed by atoms with E-state index in [1.54, 1.807) is 0 Å². The van der Waals surface area contributed by atoms with Crippen molar-refractivity contribution in [3.8, 4) is 0 Å². The molecule has 0 aliphatic heterocycles. The summed E-state index contributed by atoms with van der Waals surface area (Å²) >= 11 is 0. The van der Waals surface area contributed by atoms with Gasteiger partial charge in [0, 0.05) is 29.9 Å². The van der Waals surface area contributed by atoms with Crippen LogP contribution in [0.1, 0.15) is 28.8 Å². The van der Waals surface area contributed by atoms with Crippen molar-refractivity contribution in [2.24, 2.45) is 0 Å². The number of Topliss-reactive ketones (excluding diaryl/α,β-unsaturated/α-hetero) is 1. The van der Waals surface area contributed by atoms with E-state index < -0.39 is 0 Å². The fourth-order valence-corrected chi connectivity index (χ4v) is 2.68. The van der Waals surface area contributed by atoms with Gasteiger partial charge in [-0.15, -0.1) is 0 Å². The third kappa shape index (κ3) is 4.42. The molecule has 0 saturated carbocycles. The van der Waals surface area contributed by atoms with Crippen molar-refractivity contribution in [3.63, 3.8) is 0 Å². The number of aromatic nitrogens is 1. The number of nitrogens with one attached hydrogen (secondary N) is 1. The highest BCUT2D eigenvalue weighted by Gasteiger charge is 2.11. The average Bonchev–Trinajstić information content (AvgIpc) is 2.62. The minimum atomic E-state index is 0.123. The molecule has 2 aromatic rings. The smallest absolute Gasteiger partial charge is 0.227 e. The first-order valence-corrected chi connectivity index (χ1v) is 8.39. The SMILES string of the molecule is Cc1ccc(C(=O)C[n+]2ccc(NCC3=CCCC=C3)cc2)cc1. The molecule has 0 saturated heterocycles. The summed E-state index contributed by atoms with van der Waals surface area (Å²) in [6.07, 6.45) is 12.8. The van der Waals surface area contributed by atoms with E-state index in [0.717, 1.165) is 36.2 Å². The standard InChI is InChI=1S/C21H22N2O/c1-17-7-9-19(10-8-17)21(24)16-23-13-11-20(12-14-23)22-15-18-5-3-2-4-6-18/h3,5-14H,2,4,15-16H2,1H3/p+1. The normalized spacial score (nSPS) is 13.5. The van der Waals surface area contributed by atoms with E-state index in [4.69, 9.17) is 0 Å². The monoisotopic (exact) mass is 319 g/mol. The second-order valence-corrected chi connectivity index (χ2v) is 6.16. The molecule has 1 N–H and O–H groups in total. The Balaban J connectivity index is 1.56. The number of benzene rings is 1. The zero-order valence-corrected chi connectivity index (χ0v) is 14.0. The molecule has 1 aromatic carbocycles. The van der Waals surface area contributed by atoms with Gasteiger partial charge in [0.25, 0.3) is 0 Å². The van der Waals surface area contributed by atoms with Gasteiger partial charge in [0.15, 0.2) is 12.4 Å². The molecule has 0 fully saturated rings. The summed E-state index contributed by atoms with van der Waals surface area (Å²) in [5.41, 5.74) is 4.31. The van der Waals surface area contributed by atoms with Crippen LogP contribution in [-0.4, -0.2) is 12.3 Å². The van der Waals surface area contributed by atoms with Gasteiger partial charge in [0.1, 0.15) is 0 Å². The number of carbonyl (C=O) groups excluding carboxylic acids is 1. The first kappa shape index (κ1) is 16.2. The Morgan fingerprint density at radius 3 is 2.50 bits per heavy atom. The lowest BCUT2D eigenvalue weighted by Crippen LogP contribution is -2.37. The molecule has 3 nitrogen and oxygen atoms in total. The third-order valence-corrected chi connectivity index (χ3v) is 4.16. The van der Waals surface area contributed by atoms with Gasteiger partial charge in [0.05, 0.1) is 0 Å². The summed E-state index contributed by atoms with van der Waals surface area (Å²) < 4.78 is 1.91. The number of ketones is 1. The molecule has 1 heterocycles. The number of anilines is 1. The second kappa shape index (κ2) is 7.73. The highest BCUT2D eigenvalue weighted by Crippen LogP contribution is 2.11. The van der Waals surface area contributed by atoms with Crippen molar-refractivity contribution in [1.29, 1.82) is 0 Å². The van der Waals surface area contributed by atoms with E-state index in [9.17, 15) is 4.79 Å². The molecule has 122 valence electrons. The van der Waals surface area contributed by atoms with Gasteiger partial charge in [-0.1, -0.05) is 48.1 Å². The van der Waals surface area contributed by atoms with Crippen LogP contribution in [0.25, 0.3) is 0 Å². The van der Waals surface area contributed by atoms with Crippen molar-refractivity contribution in [2.45, 2.75) is 26.3 Å². The Kier molecular flexibility index (Phi) is 5.22. The maximum atomic E-state index is 12.3. The number of pyridine rings is 1. The van der Waals surface area contributed by atoms with Crippen LogP contribution >= 0.6 is 0 Å². The molecule has 1 aliphatic rings. The number of rotatable bonds is 6. The maximum absolute atomic E-state index is 12.3. The number of hydrogen-bond donors (Lipinski definition) is 1. The minimum Gasteiger partial charge on any atom is -0.381 e. The van der Waals surface area contributed by atoms with Crippen LogP contribution in [0.3, 0.4) is 0 Å². The lowest BCUT2D eigenvalue weighted by molar-refractivity contribution is -0.683. The molecule has 24 heavy (non-hydrogen) atoms. The van der Waals surface area contributed by atoms with Gasteiger partial charge in [-0.05, 0) is 25.3 Å². The summed E-state index contributed by atoms with van der Waals surface area (Å²) in [6.45, 7) is 3.22. The van der Waals surface area contributed by atoms with E-state index in [0.29, 0.717) is 6.54 Å². The molecule has 1 aromatic heterocycles. The van der Waals surface area contributed by atoms with E-state index in [2.05, 4.69) is 23.5 Å². The summed E-state index contributed by atoms with van der Waals surface area (Å²) in [5, 5.41) is 3.42. The molecule has 0 radical (unpaired) electrons. The predicted octanol–water partition coefficient (Wildman–Crippen LogP) is 3.85. The summed E-state index contributed by atoms with van der Waals surface area (Å²) in [7, 11) is 0. The van der Waals surface area contributed by atoms with Crippen LogP contribution in [-0.2, 0) is 6.54 Å². The highest BCUT2D eigenvalue weighted by atomic mass is 16.1. The molecule has 0 amide bonds. The van der Waals surface area contributed by atoms with Crippen molar-refractivity contribution in [2.75, 3.05) is 11.9 Å². The fourth-order valence-electron chi connectivity index (χ4n) is 2.68. The zero-order chi connectivity index (χ0) is 16.8. The van der Waals surface area contributed by atoms with Gasteiger partial charge >= 0.3 is 0 Å². The average molecular weight is 319 g/mol. The van der Waals surface area contributed by atoms with Gasteiger partial charge in [-0.2, -0.15) is 4.57 Å². The minimum absolute atomic E-state index is 0.123. The number of aryl methyl sites for hydroxylation is 1. The van der Waals surface area contributed by atoms with Crippen LogP contribution in [0.4, 0.5) is 5.69 Å². The highest BCUT2D eigenvalue weighted by molar-refractivity contribution is 5.95. The fraction of sp³-hybridized carbons (Fsp3) is 0.238. The van der Waals surface area contributed by atoms with Crippen LogP contribution < -0.4 is 9.88 Å². The Bertz CT molecular complexity index is 755. The Morgan fingerprint density at radius 2 is 1.83 bits per heavy atom. The van der Waals surface area contributed by atoms with Crippen molar-refractivity contribution in [3.05, 3.63) is 83.7 Å². The molecule has 3 heteroatoms. The first-order valence-electron chi connectivity index (χ1n) is 8.39. The molecule has 0 unspecified atom stereocenters. The van der Waals surface area contributed by atoms with E-state index in [1.807, 2.05) is 60.3 Å². The molecule has 3 rings (SSSR count). The largest absolute Gasteiger partial charge is 0.381 e. The first-order chi connectivity index (χ1) is 11.7. The number of carbonyl (C=O) groups is 1. The Hall–Kier alpha value is -2.68. The van der Waals surface area contributed by atoms with Crippen LogP contribution in [0.15, 0.2) is 72.6 Å². The summed E-state index contributed by atoms with van der Waals surface area (Å²) in [5.74, 6) is 0.123. The molecule has 0 atom stereocenters. The number of hydrogen-bond acceptors (Lipinski definition) is 2. The van der Waals surface area contributed by atoms with Crippen molar-refractivity contribution in [1.82, 2.24) is 0 Å². The summed E-state index contributed by atoms with van der Waals surface area (Å²) in [6, 6.07) is 11.7. The van der Waals surface area contributed by atoms with Crippen LogP contribution in [0.5, 0.6) is 0 Å². The molecular weight excluding hydrogens is 296 g/mol. The second-order valence-electron chi connectivity index (χ2n) is 6.16. The molecule has 0 spiro atoms. The van der Waals surface area contributed by atoms with Gasteiger partial charge < -0.3 is 5.32 Å². The van der Waals surface area contributed by atoms with Crippen molar-refractivity contribution < 1.29 is 9.36 Å². The molecule has 0 bridgehead atoms. The van der Waals surface area contributed by atoms with E-state index in [-0.39, 0.29) is 5.78 Å². The Labute approximate surface area is 143 Å². The van der Waals surface area contributed by atoms with Crippen molar-refractivity contribution >= 4 is 11.5 Å². The van der Waals surface area contributed by atoms with Crippen LogP contribution in [0.2, 0.25) is 0 Å². The topological polar surface area (TPSA) is 33.0 Å². The van der Waals surface area contributed by atoms with E-state index >= 15 is 0 Å². The lowest BCUT2D eigenvalue weighted by Gasteiger charge is -2.09.